The number of halogens is 1. The molecule has 106 valence electrons. The summed E-state index contributed by atoms with van der Waals surface area (Å²) in [6.45, 7) is 11.0. The van der Waals surface area contributed by atoms with Crippen LogP contribution in [0.2, 0.25) is 0 Å². The van der Waals surface area contributed by atoms with Crippen LogP contribution in [0.5, 0.6) is 0 Å². The van der Waals surface area contributed by atoms with Crippen LogP contribution < -0.4 is 0 Å². The van der Waals surface area contributed by atoms with E-state index in [9.17, 15) is 4.79 Å². The van der Waals surface area contributed by atoms with Crippen LogP contribution in [0.25, 0.3) is 0 Å². The van der Waals surface area contributed by atoms with E-state index in [2.05, 4.69) is 13.2 Å². The molecule has 0 aromatic heterocycles. The Morgan fingerprint density at radius 1 is 1.39 bits per heavy atom. The van der Waals surface area contributed by atoms with Gasteiger partial charge in [-0.25, -0.2) is 0 Å². The minimum atomic E-state index is -0.196. The molecule has 3 nitrogen and oxygen atoms in total. The predicted octanol–water partition coefficient (Wildman–Crippen LogP) is 2.77. The van der Waals surface area contributed by atoms with Crippen LogP contribution in [0.1, 0.15) is 13.3 Å². The maximum atomic E-state index is 11.9. The summed E-state index contributed by atoms with van der Waals surface area (Å²) in [7, 11) is 0. The second-order valence-corrected chi connectivity index (χ2v) is 4.57. The fourth-order valence-corrected chi connectivity index (χ4v) is 2.04. The van der Waals surface area contributed by atoms with Gasteiger partial charge in [-0.1, -0.05) is 12.2 Å². The van der Waals surface area contributed by atoms with Gasteiger partial charge in [0, 0.05) is 13.1 Å². The third-order valence-corrected chi connectivity index (χ3v) is 2.97. The fourth-order valence-electron chi connectivity index (χ4n) is 1.58. The monoisotopic (exact) mass is 293 g/mol. The van der Waals surface area contributed by atoms with Gasteiger partial charge in [-0.2, -0.15) is 11.8 Å². The van der Waals surface area contributed by atoms with Crippen LogP contribution in [0, 0.1) is 0 Å². The molecular weight excluding hydrogens is 270 g/mol. The number of carbonyl (C=O) groups is 1. The zero-order valence-electron chi connectivity index (χ0n) is 11.3. The molecule has 18 heavy (non-hydrogen) atoms. The fraction of sp³-hybridized carbons (Fsp3) is 0.615. The Bertz CT molecular complexity index is 239. The number of rotatable bonds is 10. The number of hydrogen-bond donors (Lipinski definition) is 0. The van der Waals surface area contributed by atoms with Crippen LogP contribution in [-0.4, -0.2) is 48.6 Å². The van der Waals surface area contributed by atoms with Gasteiger partial charge >= 0.3 is 5.97 Å². The van der Waals surface area contributed by atoms with Gasteiger partial charge in [0.2, 0.25) is 0 Å². The van der Waals surface area contributed by atoms with Gasteiger partial charge < -0.3 is 4.74 Å². The Morgan fingerprint density at radius 2 is 1.94 bits per heavy atom. The van der Waals surface area contributed by atoms with E-state index in [1.165, 1.54) is 0 Å². The van der Waals surface area contributed by atoms with E-state index in [4.69, 9.17) is 4.74 Å². The van der Waals surface area contributed by atoms with E-state index in [1.54, 1.807) is 23.9 Å². The predicted molar refractivity (Wildman–Crippen MR) is 82.6 cm³/mol. The lowest BCUT2D eigenvalue weighted by atomic mass is 10.2. The number of carbonyl (C=O) groups excluding carboxylic acids is 1. The summed E-state index contributed by atoms with van der Waals surface area (Å²) in [6.07, 6.45) is 6.43. The minimum absolute atomic E-state index is 0. The highest BCUT2D eigenvalue weighted by atomic mass is 35.5. The Labute approximate surface area is 121 Å². The Hall–Kier alpha value is -0.450. The molecular formula is C13H24ClNO2S. The van der Waals surface area contributed by atoms with Crippen molar-refractivity contribution in [2.75, 3.05) is 31.7 Å². The minimum Gasteiger partial charge on any atom is -0.465 e. The van der Waals surface area contributed by atoms with Crippen molar-refractivity contribution < 1.29 is 9.53 Å². The SMILES string of the molecule is C=CCN(CC=C)[C@@H](CCSC)C(=O)OCC.Cl. The van der Waals surface area contributed by atoms with Crippen molar-refractivity contribution in [1.82, 2.24) is 4.90 Å². The first kappa shape index (κ1) is 19.9. The molecule has 0 spiro atoms. The number of esters is 1. The van der Waals surface area contributed by atoms with Crippen molar-refractivity contribution in [3.05, 3.63) is 25.3 Å². The number of ether oxygens (including phenoxy) is 1. The molecule has 0 fully saturated rings. The van der Waals surface area contributed by atoms with Crippen molar-refractivity contribution in [3.63, 3.8) is 0 Å². The summed E-state index contributed by atoms with van der Waals surface area (Å²) < 4.78 is 5.12. The zero-order chi connectivity index (χ0) is 13.1. The van der Waals surface area contributed by atoms with Crippen molar-refractivity contribution in [1.29, 1.82) is 0 Å². The molecule has 0 bridgehead atoms. The molecule has 0 aromatic carbocycles. The van der Waals surface area contributed by atoms with Gasteiger partial charge in [0.25, 0.3) is 0 Å². The van der Waals surface area contributed by atoms with Crippen LogP contribution in [0.15, 0.2) is 25.3 Å². The summed E-state index contributed by atoms with van der Waals surface area (Å²) >= 11 is 1.73. The molecule has 0 aromatic rings. The highest BCUT2D eigenvalue weighted by Gasteiger charge is 2.25. The van der Waals surface area contributed by atoms with Gasteiger partial charge in [0.15, 0.2) is 0 Å². The third kappa shape index (κ3) is 7.80. The van der Waals surface area contributed by atoms with Crippen LogP contribution >= 0.6 is 24.2 Å². The van der Waals surface area contributed by atoms with Gasteiger partial charge in [-0.3, -0.25) is 9.69 Å². The molecule has 0 aliphatic rings. The molecule has 0 heterocycles. The molecule has 0 saturated carbocycles. The van der Waals surface area contributed by atoms with Gasteiger partial charge in [-0.05, 0) is 25.4 Å². The number of nitrogens with zero attached hydrogens (tertiary/aromatic N) is 1. The molecule has 0 rings (SSSR count). The van der Waals surface area contributed by atoms with Crippen LogP contribution in [0.4, 0.5) is 0 Å². The molecule has 0 unspecified atom stereocenters. The number of hydrogen-bond acceptors (Lipinski definition) is 4. The molecule has 0 amide bonds. The van der Waals surface area contributed by atoms with Crippen molar-refractivity contribution in [2.45, 2.75) is 19.4 Å². The molecule has 5 heteroatoms. The second-order valence-electron chi connectivity index (χ2n) is 3.58. The first-order valence-electron chi connectivity index (χ1n) is 5.82. The quantitative estimate of drug-likeness (QED) is 0.458. The zero-order valence-corrected chi connectivity index (χ0v) is 12.9. The third-order valence-electron chi connectivity index (χ3n) is 2.32. The van der Waals surface area contributed by atoms with E-state index in [1.807, 2.05) is 18.1 Å². The first-order valence-corrected chi connectivity index (χ1v) is 7.22. The largest absolute Gasteiger partial charge is 0.465 e. The smallest absolute Gasteiger partial charge is 0.323 e. The first-order chi connectivity index (χ1) is 8.21. The Morgan fingerprint density at radius 3 is 2.33 bits per heavy atom. The van der Waals surface area contributed by atoms with Gasteiger partial charge in [-0.15, -0.1) is 25.6 Å². The average molecular weight is 294 g/mol. The van der Waals surface area contributed by atoms with E-state index >= 15 is 0 Å². The molecule has 0 N–H and O–H groups in total. The van der Waals surface area contributed by atoms with E-state index in [0.717, 1.165) is 12.2 Å². The van der Waals surface area contributed by atoms with Crippen LogP contribution in [0.3, 0.4) is 0 Å². The summed E-state index contributed by atoms with van der Waals surface area (Å²) in [5.74, 6) is 0.791. The summed E-state index contributed by atoms with van der Waals surface area (Å²) in [6, 6.07) is -0.196. The molecule has 0 saturated heterocycles. The molecule has 0 radical (unpaired) electrons. The molecule has 0 aliphatic carbocycles. The lowest BCUT2D eigenvalue weighted by Gasteiger charge is -2.27. The summed E-state index contributed by atoms with van der Waals surface area (Å²) in [5, 5.41) is 0. The highest BCUT2D eigenvalue weighted by Crippen LogP contribution is 2.10. The summed E-state index contributed by atoms with van der Waals surface area (Å²) in [5.41, 5.74) is 0. The van der Waals surface area contributed by atoms with Crippen molar-refractivity contribution in [3.8, 4) is 0 Å². The van der Waals surface area contributed by atoms with Gasteiger partial charge in [0.05, 0.1) is 6.61 Å². The summed E-state index contributed by atoms with van der Waals surface area (Å²) in [4.78, 5) is 13.9. The maximum Gasteiger partial charge on any atom is 0.323 e. The van der Waals surface area contributed by atoms with Crippen LogP contribution in [-0.2, 0) is 9.53 Å². The van der Waals surface area contributed by atoms with Gasteiger partial charge in [0.1, 0.15) is 6.04 Å². The average Bonchev–Trinajstić information content (AvgIpc) is 2.30. The lowest BCUT2D eigenvalue weighted by molar-refractivity contribution is -0.149. The van der Waals surface area contributed by atoms with E-state index in [-0.39, 0.29) is 24.4 Å². The van der Waals surface area contributed by atoms with E-state index in [0.29, 0.717) is 19.7 Å². The topological polar surface area (TPSA) is 29.5 Å². The molecule has 1 atom stereocenters. The van der Waals surface area contributed by atoms with Crippen molar-refractivity contribution in [2.24, 2.45) is 0 Å². The highest BCUT2D eigenvalue weighted by molar-refractivity contribution is 7.98. The Kier molecular flexibility index (Phi) is 14.3. The van der Waals surface area contributed by atoms with E-state index < -0.39 is 0 Å². The molecule has 0 aliphatic heterocycles. The Balaban J connectivity index is 0. The normalized spacial score (nSPS) is 11.5. The number of thioether (sulfide) groups is 1. The van der Waals surface area contributed by atoms with Crippen molar-refractivity contribution >= 4 is 30.1 Å². The maximum absolute atomic E-state index is 11.9. The lowest BCUT2D eigenvalue weighted by Crippen LogP contribution is -2.42. The second kappa shape index (κ2) is 13.0. The standard InChI is InChI=1S/C13H23NO2S.ClH/c1-5-9-14(10-6-2)12(8-11-17-4)13(15)16-7-3;/h5-6,12H,1-2,7-11H2,3-4H3;1H/t12-;/m0./s1.